The number of carboxylic acids is 1. The number of halogens is 2. The number of rotatable bonds is 5. The lowest BCUT2D eigenvalue weighted by atomic mass is 9.97. The maximum absolute atomic E-state index is 13.2. The number of ether oxygens (including phenoxy) is 1. The quantitative estimate of drug-likeness (QED) is 0.876. The third kappa shape index (κ3) is 3.00. The molecule has 2 unspecified atom stereocenters. The van der Waals surface area contributed by atoms with Gasteiger partial charge < -0.3 is 9.84 Å². The van der Waals surface area contributed by atoms with Crippen molar-refractivity contribution in [3.8, 4) is 5.75 Å². The van der Waals surface area contributed by atoms with E-state index in [1.54, 1.807) is 0 Å². The minimum Gasteiger partial charge on any atom is -0.490 e. The van der Waals surface area contributed by atoms with Crippen molar-refractivity contribution in [1.29, 1.82) is 0 Å². The summed E-state index contributed by atoms with van der Waals surface area (Å²) in [6, 6.07) is 3.63. The van der Waals surface area contributed by atoms with Crippen molar-refractivity contribution >= 4 is 5.97 Å². The lowest BCUT2D eigenvalue weighted by Crippen LogP contribution is -2.51. The molecular weight excluding hydrogens is 280 g/mol. The van der Waals surface area contributed by atoms with Gasteiger partial charge in [-0.1, -0.05) is 0 Å². The molecule has 0 amide bonds. The maximum atomic E-state index is 13.2. The van der Waals surface area contributed by atoms with Gasteiger partial charge >= 0.3 is 5.97 Å². The summed E-state index contributed by atoms with van der Waals surface area (Å²) in [5.41, 5.74) is -0.954. The van der Waals surface area contributed by atoms with E-state index in [-0.39, 0.29) is 17.9 Å². The Kier molecular flexibility index (Phi) is 3.57. The van der Waals surface area contributed by atoms with Gasteiger partial charge in [0.05, 0.1) is 0 Å². The third-order valence-electron chi connectivity index (χ3n) is 4.13. The van der Waals surface area contributed by atoms with Crippen molar-refractivity contribution < 1.29 is 23.4 Å². The van der Waals surface area contributed by atoms with Crippen LogP contribution in [-0.4, -0.2) is 28.8 Å². The molecule has 0 heterocycles. The molecule has 0 aromatic heterocycles. The second-order valence-corrected chi connectivity index (χ2v) is 5.86. The first kappa shape index (κ1) is 14.3. The van der Waals surface area contributed by atoms with Crippen LogP contribution in [0.5, 0.6) is 5.75 Å². The summed E-state index contributed by atoms with van der Waals surface area (Å²) in [5.74, 6) is -2.53. The Balaban J connectivity index is 1.67. The molecule has 2 saturated carbocycles. The van der Waals surface area contributed by atoms with E-state index in [2.05, 4.69) is 5.32 Å². The molecule has 1 aromatic rings. The van der Waals surface area contributed by atoms with Crippen LogP contribution in [0.15, 0.2) is 18.2 Å². The Hall–Kier alpha value is -1.69. The highest BCUT2D eigenvalue weighted by molar-refractivity contribution is 5.79. The van der Waals surface area contributed by atoms with Crippen molar-refractivity contribution in [2.75, 3.05) is 0 Å². The summed E-state index contributed by atoms with van der Waals surface area (Å²) in [6.45, 7) is 0. The first-order valence-corrected chi connectivity index (χ1v) is 7.11. The summed E-state index contributed by atoms with van der Waals surface area (Å²) in [7, 11) is 0. The fourth-order valence-electron chi connectivity index (χ4n) is 2.85. The van der Waals surface area contributed by atoms with Gasteiger partial charge in [-0.2, -0.15) is 0 Å². The third-order valence-corrected chi connectivity index (χ3v) is 4.13. The molecule has 1 aromatic carbocycles. The van der Waals surface area contributed by atoms with E-state index in [0.717, 1.165) is 25.0 Å². The zero-order valence-electron chi connectivity index (χ0n) is 11.4. The van der Waals surface area contributed by atoms with Gasteiger partial charge in [-0.15, -0.1) is 0 Å². The highest BCUT2D eigenvalue weighted by Crippen LogP contribution is 2.36. The minimum atomic E-state index is -0.967. The number of nitrogens with one attached hydrogen (secondary N) is 1. The lowest BCUT2D eigenvalue weighted by Gasteiger charge is -2.26. The molecule has 2 aliphatic rings. The molecule has 0 bridgehead atoms. The Morgan fingerprint density at radius 3 is 2.67 bits per heavy atom. The first-order chi connectivity index (χ1) is 9.98. The maximum Gasteiger partial charge on any atom is 0.324 e. The monoisotopic (exact) mass is 297 g/mol. The van der Waals surface area contributed by atoms with Crippen molar-refractivity contribution in [2.24, 2.45) is 0 Å². The largest absolute Gasteiger partial charge is 0.490 e. The number of hydrogen-bond acceptors (Lipinski definition) is 3. The number of aliphatic carboxylic acids is 1. The molecule has 3 rings (SSSR count). The smallest absolute Gasteiger partial charge is 0.324 e. The lowest BCUT2D eigenvalue weighted by molar-refractivity contribution is -0.145. The van der Waals surface area contributed by atoms with E-state index in [1.807, 2.05) is 0 Å². The molecule has 21 heavy (non-hydrogen) atoms. The molecule has 2 N–H and O–H groups in total. The second kappa shape index (κ2) is 5.26. The highest BCUT2D eigenvalue weighted by Gasteiger charge is 2.48. The van der Waals surface area contributed by atoms with Gasteiger partial charge in [0.15, 0.2) is 11.6 Å². The van der Waals surface area contributed by atoms with Crippen LogP contribution in [0.3, 0.4) is 0 Å². The van der Waals surface area contributed by atoms with Crippen LogP contribution >= 0.6 is 0 Å². The molecule has 2 fully saturated rings. The van der Waals surface area contributed by atoms with Crippen LogP contribution in [0, 0.1) is 11.6 Å². The number of benzene rings is 1. The van der Waals surface area contributed by atoms with Crippen molar-refractivity contribution in [2.45, 2.75) is 49.8 Å². The van der Waals surface area contributed by atoms with Gasteiger partial charge in [0, 0.05) is 18.5 Å². The summed E-state index contributed by atoms with van der Waals surface area (Å²) in [5, 5.41) is 12.7. The zero-order valence-corrected chi connectivity index (χ0v) is 11.4. The van der Waals surface area contributed by atoms with E-state index in [9.17, 15) is 18.7 Å². The van der Waals surface area contributed by atoms with E-state index < -0.39 is 23.1 Å². The summed E-state index contributed by atoms with van der Waals surface area (Å²) in [4.78, 5) is 11.6. The molecule has 0 spiro atoms. The second-order valence-electron chi connectivity index (χ2n) is 5.86. The first-order valence-electron chi connectivity index (χ1n) is 7.11. The van der Waals surface area contributed by atoms with Gasteiger partial charge in [-0.25, -0.2) is 8.78 Å². The van der Waals surface area contributed by atoms with Crippen LogP contribution in [0.25, 0.3) is 0 Å². The van der Waals surface area contributed by atoms with Gasteiger partial charge in [-0.05, 0) is 37.8 Å². The summed E-state index contributed by atoms with van der Waals surface area (Å²) in [6.07, 6.45) is 3.08. The average Bonchev–Trinajstić information content (AvgIpc) is 3.14. The van der Waals surface area contributed by atoms with Gasteiger partial charge in [0.1, 0.15) is 17.4 Å². The molecular formula is C15H17F2NO3. The highest BCUT2D eigenvalue weighted by atomic mass is 19.2. The van der Waals surface area contributed by atoms with E-state index >= 15 is 0 Å². The molecule has 114 valence electrons. The number of carboxylic acid groups (broad SMARTS) is 1. The fourth-order valence-corrected chi connectivity index (χ4v) is 2.85. The van der Waals surface area contributed by atoms with Crippen molar-refractivity contribution in [3.63, 3.8) is 0 Å². The predicted molar refractivity (Wildman–Crippen MR) is 71.1 cm³/mol. The van der Waals surface area contributed by atoms with Gasteiger partial charge in [-0.3, -0.25) is 10.1 Å². The molecule has 6 heteroatoms. The number of carbonyl (C=O) groups is 1. The molecule has 4 nitrogen and oxygen atoms in total. The SMILES string of the molecule is O=C(O)C1(NC2CC2)CCC(Oc2ccc(F)c(F)c2)C1. The van der Waals surface area contributed by atoms with Crippen molar-refractivity contribution in [1.82, 2.24) is 5.32 Å². The Labute approximate surface area is 121 Å². The van der Waals surface area contributed by atoms with E-state index in [0.29, 0.717) is 19.3 Å². The van der Waals surface area contributed by atoms with Gasteiger partial charge in [0.2, 0.25) is 0 Å². The van der Waals surface area contributed by atoms with Crippen molar-refractivity contribution in [3.05, 3.63) is 29.8 Å². The molecule has 0 radical (unpaired) electrons. The minimum absolute atomic E-state index is 0.228. The Morgan fingerprint density at radius 2 is 2.05 bits per heavy atom. The van der Waals surface area contributed by atoms with Crippen LogP contribution < -0.4 is 10.1 Å². The summed E-state index contributed by atoms with van der Waals surface area (Å²) >= 11 is 0. The summed E-state index contributed by atoms with van der Waals surface area (Å²) < 4.78 is 31.6. The average molecular weight is 297 g/mol. The van der Waals surface area contributed by atoms with Crippen LogP contribution in [0.2, 0.25) is 0 Å². The molecule has 0 saturated heterocycles. The van der Waals surface area contributed by atoms with Gasteiger partial charge in [0.25, 0.3) is 0 Å². The molecule has 2 atom stereocenters. The fraction of sp³-hybridized carbons (Fsp3) is 0.533. The van der Waals surface area contributed by atoms with E-state index in [1.165, 1.54) is 6.07 Å². The molecule has 0 aliphatic heterocycles. The zero-order chi connectivity index (χ0) is 15.0. The normalized spacial score (nSPS) is 28.6. The van der Waals surface area contributed by atoms with E-state index in [4.69, 9.17) is 4.74 Å². The Morgan fingerprint density at radius 1 is 1.29 bits per heavy atom. The topological polar surface area (TPSA) is 58.6 Å². The van der Waals surface area contributed by atoms with Crippen LogP contribution in [0.4, 0.5) is 8.78 Å². The standard InChI is InChI=1S/C15H17F2NO3/c16-12-4-3-10(7-13(12)17)21-11-5-6-15(8-11,14(19)20)18-9-1-2-9/h3-4,7,9,11,18H,1-2,5-6,8H2,(H,19,20). The predicted octanol–water partition coefficient (Wildman–Crippen LogP) is 2.47. The van der Waals surface area contributed by atoms with Crippen LogP contribution in [0.1, 0.15) is 32.1 Å². The van der Waals surface area contributed by atoms with Crippen LogP contribution in [-0.2, 0) is 4.79 Å². The molecule has 2 aliphatic carbocycles. The Bertz CT molecular complexity index is 562. The number of hydrogen-bond donors (Lipinski definition) is 2.